The Morgan fingerprint density at radius 2 is 2.04 bits per heavy atom. The van der Waals surface area contributed by atoms with E-state index in [1.807, 2.05) is 18.4 Å². The summed E-state index contributed by atoms with van der Waals surface area (Å²) < 4.78 is 0. The van der Waals surface area contributed by atoms with Gasteiger partial charge in [0.05, 0.1) is 28.0 Å². The lowest BCUT2D eigenvalue weighted by molar-refractivity contribution is 0.0781. The van der Waals surface area contributed by atoms with Crippen molar-refractivity contribution in [1.82, 2.24) is 14.9 Å². The van der Waals surface area contributed by atoms with E-state index in [1.54, 1.807) is 37.4 Å². The standard InChI is InChI=1S/C18H16ClN3O2S/c1-22(18(24)13-9-11(25-2)7-8-14(13)19)10-16-20-15-6-4-3-5-12(15)17(23)21-16/h3-9H,10H2,1-2H3,(H,20,21,23). The fraction of sp³-hybridized carbons (Fsp3) is 0.167. The van der Waals surface area contributed by atoms with Gasteiger partial charge in [-0.15, -0.1) is 11.8 Å². The number of hydrogen-bond donors (Lipinski definition) is 1. The molecule has 128 valence electrons. The molecule has 7 heteroatoms. The number of hydrogen-bond acceptors (Lipinski definition) is 4. The van der Waals surface area contributed by atoms with E-state index in [2.05, 4.69) is 9.97 Å². The van der Waals surface area contributed by atoms with Crippen LogP contribution in [0.4, 0.5) is 0 Å². The first-order valence-electron chi connectivity index (χ1n) is 7.56. The summed E-state index contributed by atoms with van der Waals surface area (Å²) in [5.74, 6) is 0.202. The molecule has 0 aliphatic carbocycles. The van der Waals surface area contributed by atoms with Crippen LogP contribution >= 0.6 is 23.4 Å². The molecule has 0 atom stereocenters. The Labute approximate surface area is 154 Å². The quantitative estimate of drug-likeness (QED) is 0.710. The van der Waals surface area contributed by atoms with Crippen molar-refractivity contribution in [3.8, 4) is 0 Å². The largest absolute Gasteiger partial charge is 0.334 e. The van der Waals surface area contributed by atoms with E-state index in [4.69, 9.17) is 11.6 Å². The maximum Gasteiger partial charge on any atom is 0.258 e. The third-order valence-corrected chi connectivity index (χ3v) is 4.85. The highest BCUT2D eigenvalue weighted by atomic mass is 35.5. The zero-order valence-electron chi connectivity index (χ0n) is 13.7. The minimum absolute atomic E-state index is 0.179. The molecule has 0 radical (unpaired) electrons. The number of nitrogens with zero attached hydrogens (tertiary/aromatic N) is 2. The van der Waals surface area contributed by atoms with E-state index in [-0.39, 0.29) is 18.0 Å². The molecule has 0 saturated carbocycles. The molecule has 2 aromatic carbocycles. The highest BCUT2D eigenvalue weighted by molar-refractivity contribution is 7.98. The van der Waals surface area contributed by atoms with Crippen LogP contribution < -0.4 is 5.56 Å². The Morgan fingerprint density at radius 3 is 2.80 bits per heavy atom. The number of halogens is 1. The summed E-state index contributed by atoms with van der Waals surface area (Å²) in [7, 11) is 1.65. The van der Waals surface area contributed by atoms with Crippen LogP contribution in [0.15, 0.2) is 52.2 Å². The number of thioether (sulfide) groups is 1. The molecule has 0 aliphatic rings. The number of benzene rings is 2. The first-order chi connectivity index (χ1) is 12.0. The van der Waals surface area contributed by atoms with Gasteiger partial charge < -0.3 is 9.88 Å². The van der Waals surface area contributed by atoms with Gasteiger partial charge in [-0.3, -0.25) is 9.59 Å². The van der Waals surface area contributed by atoms with Crippen LogP contribution in [0, 0.1) is 0 Å². The molecule has 25 heavy (non-hydrogen) atoms. The highest BCUT2D eigenvalue weighted by Gasteiger charge is 2.17. The van der Waals surface area contributed by atoms with Gasteiger partial charge in [0.25, 0.3) is 11.5 Å². The molecule has 5 nitrogen and oxygen atoms in total. The summed E-state index contributed by atoms with van der Waals surface area (Å²) in [6.07, 6.45) is 1.94. The molecule has 0 saturated heterocycles. The molecular formula is C18H16ClN3O2S. The fourth-order valence-corrected chi connectivity index (χ4v) is 3.15. The van der Waals surface area contributed by atoms with Crippen molar-refractivity contribution in [2.75, 3.05) is 13.3 Å². The number of carbonyl (C=O) groups excluding carboxylic acids is 1. The summed E-state index contributed by atoms with van der Waals surface area (Å²) in [4.78, 5) is 34.4. The van der Waals surface area contributed by atoms with Crippen LogP contribution in [0.5, 0.6) is 0 Å². The zero-order valence-corrected chi connectivity index (χ0v) is 15.3. The minimum atomic E-state index is -0.225. The van der Waals surface area contributed by atoms with Crippen molar-refractivity contribution in [3.05, 3.63) is 69.2 Å². The van der Waals surface area contributed by atoms with Gasteiger partial charge in [-0.25, -0.2) is 4.98 Å². The second-order valence-electron chi connectivity index (χ2n) is 5.54. The van der Waals surface area contributed by atoms with Crippen molar-refractivity contribution in [2.45, 2.75) is 11.4 Å². The van der Waals surface area contributed by atoms with Gasteiger partial charge in [0.2, 0.25) is 0 Å². The van der Waals surface area contributed by atoms with E-state index in [0.29, 0.717) is 27.3 Å². The zero-order chi connectivity index (χ0) is 18.0. The third kappa shape index (κ3) is 3.70. The summed E-state index contributed by atoms with van der Waals surface area (Å²) in [6.45, 7) is 0.179. The number of amides is 1. The Hall–Kier alpha value is -2.31. The lowest BCUT2D eigenvalue weighted by Crippen LogP contribution is -2.28. The van der Waals surface area contributed by atoms with Crippen molar-refractivity contribution in [1.29, 1.82) is 0 Å². The van der Waals surface area contributed by atoms with E-state index in [9.17, 15) is 9.59 Å². The Kier molecular flexibility index (Phi) is 5.11. The summed E-state index contributed by atoms with van der Waals surface area (Å²) in [6, 6.07) is 12.4. The normalized spacial score (nSPS) is 10.8. The molecule has 0 unspecified atom stereocenters. The van der Waals surface area contributed by atoms with E-state index in [0.717, 1.165) is 4.90 Å². The van der Waals surface area contributed by atoms with Crippen LogP contribution in [-0.4, -0.2) is 34.1 Å². The molecule has 0 spiro atoms. The van der Waals surface area contributed by atoms with Crippen LogP contribution in [0.25, 0.3) is 10.9 Å². The number of carbonyl (C=O) groups is 1. The molecular weight excluding hydrogens is 358 g/mol. The summed E-state index contributed by atoms with van der Waals surface area (Å²) >= 11 is 7.71. The van der Waals surface area contributed by atoms with Crippen molar-refractivity contribution >= 4 is 40.2 Å². The fourth-order valence-electron chi connectivity index (χ4n) is 2.51. The molecule has 0 aliphatic heterocycles. The first kappa shape index (κ1) is 17.5. The van der Waals surface area contributed by atoms with Gasteiger partial charge in [-0.1, -0.05) is 23.7 Å². The predicted octanol–water partition coefficient (Wildman–Crippen LogP) is 3.57. The van der Waals surface area contributed by atoms with Crippen LogP contribution in [0.1, 0.15) is 16.2 Å². The lowest BCUT2D eigenvalue weighted by Gasteiger charge is -2.18. The van der Waals surface area contributed by atoms with Gasteiger partial charge in [-0.2, -0.15) is 0 Å². The van der Waals surface area contributed by atoms with E-state index in [1.165, 1.54) is 16.7 Å². The van der Waals surface area contributed by atoms with E-state index >= 15 is 0 Å². The lowest BCUT2D eigenvalue weighted by atomic mass is 10.2. The number of aromatic nitrogens is 2. The monoisotopic (exact) mass is 373 g/mol. The average Bonchev–Trinajstić information content (AvgIpc) is 2.61. The molecule has 3 rings (SSSR count). The van der Waals surface area contributed by atoms with Crippen molar-refractivity contribution in [2.24, 2.45) is 0 Å². The van der Waals surface area contributed by atoms with Crippen LogP contribution in [-0.2, 0) is 6.54 Å². The SMILES string of the molecule is CSc1ccc(Cl)c(C(=O)N(C)Cc2nc3ccccc3c(=O)[nH]2)c1. The molecule has 0 fully saturated rings. The Balaban J connectivity index is 1.88. The Bertz CT molecular complexity index is 1000. The number of aromatic amines is 1. The molecule has 1 N–H and O–H groups in total. The second kappa shape index (κ2) is 7.29. The molecule has 1 heterocycles. The van der Waals surface area contributed by atoms with Gasteiger partial charge in [-0.05, 0) is 36.6 Å². The number of nitrogens with one attached hydrogen (secondary N) is 1. The smallest absolute Gasteiger partial charge is 0.258 e. The predicted molar refractivity (Wildman–Crippen MR) is 101 cm³/mol. The van der Waals surface area contributed by atoms with Crippen LogP contribution in [0.3, 0.4) is 0 Å². The number of H-pyrrole nitrogens is 1. The number of fused-ring (bicyclic) bond motifs is 1. The molecule has 0 bridgehead atoms. The number of para-hydroxylation sites is 1. The highest BCUT2D eigenvalue weighted by Crippen LogP contribution is 2.24. The first-order valence-corrected chi connectivity index (χ1v) is 9.17. The third-order valence-electron chi connectivity index (χ3n) is 3.80. The summed E-state index contributed by atoms with van der Waals surface area (Å²) in [5.41, 5.74) is 0.813. The molecule has 1 amide bonds. The van der Waals surface area contributed by atoms with Crippen molar-refractivity contribution in [3.63, 3.8) is 0 Å². The van der Waals surface area contributed by atoms with Gasteiger partial charge in [0.15, 0.2) is 0 Å². The van der Waals surface area contributed by atoms with Crippen LogP contribution in [0.2, 0.25) is 5.02 Å². The van der Waals surface area contributed by atoms with Gasteiger partial charge in [0, 0.05) is 11.9 Å². The van der Waals surface area contributed by atoms with Gasteiger partial charge >= 0.3 is 0 Å². The molecule has 3 aromatic rings. The molecule has 1 aromatic heterocycles. The maximum absolute atomic E-state index is 12.7. The average molecular weight is 374 g/mol. The van der Waals surface area contributed by atoms with Gasteiger partial charge in [0.1, 0.15) is 5.82 Å². The second-order valence-corrected chi connectivity index (χ2v) is 6.82. The topological polar surface area (TPSA) is 66.1 Å². The minimum Gasteiger partial charge on any atom is -0.334 e. The number of rotatable bonds is 4. The van der Waals surface area contributed by atoms with E-state index < -0.39 is 0 Å². The van der Waals surface area contributed by atoms with Crippen molar-refractivity contribution < 1.29 is 4.79 Å². The Morgan fingerprint density at radius 1 is 1.28 bits per heavy atom. The summed E-state index contributed by atoms with van der Waals surface area (Å²) in [5, 5.41) is 0.922. The maximum atomic E-state index is 12.7.